The van der Waals surface area contributed by atoms with E-state index in [1.807, 2.05) is 46.4 Å². The van der Waals surface area contributed by atoms with Crippen LogP contribution in [0.4, 0.5) is 4.79 Å². The topological polar surface area (TPSA) is 90.4 Å². The molecule has 36 heavy (non-hydrogen) atoms. The number of nitrogens with one attached hydrogen (secondary N) is 2. The van der Waals surface area contributed by atoms with Crippen molar-refractivity contribution in [1.29, 1.82) is 0 Å². The maximum Gasteiger partial charge on any atom is 0.318 e. The molecule has 0 unspecified atom stereocenters. The number of aromatic amines is 1. The zero-order chi connectivity index (χ0) is 25.0. The molecule has 3 aliphatic rings. The summed E-state index contributed by atoms with van der Waals surface area (Å²) in [7, 11) is 0. The molecule has 1 aromatic carbocycles. The molecule has 5 heterocycles. The maximum absolute atomic E-state index is 13.6. The molecule has 0 radical (unpaired) electrons. The highest BCUT2D eigenvalue weighted by Gasteiger charge is 2.38. The van der Waals surface area contributed by atoms with Gasteiger partial charge in [-0.2, -0.15) is 0 Å². The molecule has 3 amide bonds. The van der Waals surface area contributed by atoms with Crippen LogP contribution < -0.4 is 10.9 Å². The first kappa shape index (κ1) is 22.9. The number of para-hydroxylation sites is 1. The zero-order valence-electron chi connectivity index (χ0n) is 20.9. The Hall–Kier alpha value is -3.55. The minimum atomic E-state index is -0.583. The number of benzene rings is 1. The van der Waals surface area contributed by atoms with Crippen LogP contribution >= 0.6 is 0 Å². The van der Waals surface area contributed by atoms with E-state index in [1.54, 1.807) is 12.1 Å². The fourth-order valence-corrected chi connectivity index (χ4v) is 6.38. The third kappa shape index (κ3) is 3.88. The van der Waals surface area contributed by atoms with E-state index < -0.39 is 6.04 Å². The third-order valence-electron chi connectivity index (χ3n) is 8.17. The number of H-pyrrole nitrogens is 1. The standard InChI is InChI=1S/C28H33N5O3/c1-17(2)26(27(35)31-11-10-21-20-6-3-4-7-22(20)29-23(21)16-31)30-28(36)32-13-18-12-19(15-32)24-8-5-9-25(34)33(24)14-18/h3-9,17-19,26,29H,10-16H2,1-2H3,(H,30,36)/t18-,19+,26+/m1/s1. The van der Waals surface area contributed by atoms with Gasteiger partial charge in [-0.05, 0) is 42.4 Å². The molecule has 2 N–H and O–H groups in total. The smallest absolute Gasteiger partial charge is 0.318 e. The Balaban J connectivity index is 1.16. The van der Waals surface area contributed by atoms with Gasteiger partial charge in [-0.1, -0.05) is 38.1 Å². The number of likely N-dealkylation sites (tertiary alicyclic amines) is 1. The molecule has 188 valence electrons. The second-order valence-electron chi connectivity index (χ2n) is 10.9. The second-order valence-corrected chi connectivity index (χ2v) is 10.9. The molecule has 0 saturated carbocycles. The Bertz CT molecular complexity index is 1390. The lowest BCUT2D eigenvalue weighted by atomic mass is 9.83. The predicted octanol–water partition coefficient (Wildman–Crippen LogP) is 3.07. The van der Waals surface area contributed by atoms with Crippen LogP contribution in [0.15, 0.2) is 47.3 Å². The van der Waals surface area contributed by atoms with Crippen LogP contribution in [0, 0.1) is 11.8 Å². The van der Waals surface area contributed by atoms with Crippen molar-refractivity contribution in [3.63, 3.8) is 0 Å². The molecular formula is C28H33N5O3. The van der Waals surface area contributed by atoms with Crippen LogP contribution in [0.1, 0.15) is 43.1 Å². The number of amides is 3. The van der Waals surface area contributed by atoms with Gasteiger partial charge in [0.25, 0.3) is 5.56 Å². The van der Waals surface area contributed by atoms with E-state index >= 15 is 0 Å². The number of aromatic nitrogens is 2. The molecule has 1 saturated heterocycles. The van der Waals surface area contributed by atoms with Crippen molar-refractivity contribution in [2.45, 2.75) is 51.7 Å². The van der Waals surface area contributed by atoms with Crippen molar-refractivity contribution in [3.05, 3.63) is 69.8 Å². The van der Waals surface area contributed by atoms with E-state index in [2.05, 4.69) is 22.4 Å². The van der Waals surface area contributed by atoms with Crippen LogP contribution in [0.2, 0.25) is 0 Å². The monoisotopic (exact) mass is 487 g/mol. The van der Waals surface area contributed by atoms with Gasteiger partial charge in [0, 0.05) is 60.5 Å². The summed E-state index contributed by atoms with van der Waals surface area (Å²) in [5, 5.41) is 4.30. The Morgan fingerprint density at radius 3 is 2.69 bits per heavy atom. The van der Waals surface area contributed by atoms with Gasteiger partial charge < -0.3 is 24.7 Å². The van der Waals surface area contributed by atoms with Crippen LogP contribution in [-0.4, -0.2) is 57.0 Å². The molecule has 2 bridgehead atoms. The molecule has 3 aromatic rings. The summed E-state index contributed by atoms with van der Waals surface area (Å²) in [5.74, 6) is 0.330. The molecule has 3 atom stereocenters. The van der Waals surface area contributed by atoms with Gasteiger partial charge in [0.2, 0.25) is 5.91 Å². The molecule has 8 nitrogen and oxygen atoms in total. The fourth-order valence-electron chi connectivity index (χ4n) is 6.38. The van der Waals surface area contributed by atoms with Crippen molar-refractivity contribution in [3.8, 4) is 0 Å². The summed E-state index contributed by atoms with van der Waals surface area (Å²) in [5.41, 5.74) is 4.52. The molecule has 0 aliphatic carbocycles. The maximum atomic E-state index is 13.6. The predicted molar refractivity (Wildman–Crippen MR) is 138 cm³/mol. The average Bonchev–Trinajstić information content (AvgIpc) is 3.25. The van der Waals surface area contributed by atoms with E-state index in [1.165, 1.54) is 10.9 Å². The molecule has 6 rings (SSSR count). The number of fused-ring (bicyclic) bond motifs is 7. The summed E-state index contributed by atoms with van der Waals surface area (Å²) in [4.78, 5) is 46.5. The first-order valence-corrected chi connectivity index (χ1v) is 13.0. The lowest BCUT2D eigenvalue weighted by Gasteiger charge is -2.43. The number of pyridine rings is 1. The van der Waals surface area contributed by atoms with E-state index in [-0.39, 0.29) is 35.3 Å². The number of piperidine rings is 1. The first-order valence-electron chi connectivity index (χ1n) is 13.0. The summed E-state index contributed by atoms with van der Waals surface area (Å²) in [6.07, 6.45) is 1.79. The average molecular weight is 488 g/mol. The SMILES string of the molecule is CC(C)[C@H](NC(=O)N1C[C@H]2C[C@@H](C1)c1cccc(=O)n1C2)C(=O)N1CCc2c([nH]c3ccccc23)C1. The molecule has 3 aliphatic heterocycles. The second kappa shape index (κ2) is 8.84. The number of carbonyl (C=O) groups excluding carboxylic acids is 2. The Morgan fingerprint density at radius 2 is 1.86 bits per heavy atom. The molecule has 0 spiro atoms. The molecule has 8 heteroatoms. The summed E-state index contributed by atoms with van der Waals surface area (Å²) in [6, 6.07) is 12.9. The van der Waals surface area contributed by atoms with E-state index in [0.717, 1.165) is 29.7 Å². The third-order valence-corrected chi connectivity index (χ3v) is 8.17. The zero-order valence-corrected chi connectivity index (χ0v) is 20.9. The summed E-state index contributed by atoms with van der Waals surface area (Å²) >= 11 is 0. The number of carbonyl (C=O) groups is 2. The number of urea groups is 1. The van der Waals surface area contributed by atoms with Gasteiger partial charge in [-0.25, -0.2) is 4.79 Å². The van der Waals surface area contributed by atoms with Gasteiger partial charge in [0.05, 0.1) is 6.54 Å². The highest BCUT2D eigenvalue weighted by atomic mass is 16.2. The van der Waals surface area contributed by atoms with Crippen LogP contribution in [0.5, 0.6) is 0 Å². The normalized spacial score (nSPS) is 21.8. The number of hydrogen-bond acceptors (Lipinski definition) is 3. The largest absolute Gasteiger partial charge is 0.357 e. The first-order chi connectivity index (χ1) is 17.4. The van der Waals surface area contributed by atoms with E-state index in [0.29, 0.717) is 32.7 Å². The van der Waals surface area contributed by atoms with Gasteiger partial charge >= 0.3 is 6.03 Å². The van der Waals surface area contributed by atoms with Crippen molar-refractivity contribution in [2.75, 3.05) is 19.6 Å². The van der Waals surface area contributed by atoms with Gasteiger partial charge in [0.1, 0.15) is 6.04 Å². The molecule has 2 aromatic heterocycles. The van der Waals surface area contributed by atoms with Crippen LogP contribution in [-0.2, 0) is 24.3 Å². The van der Waals surface area contributed by atoms with Gasteiger partial charge in [-0.15, -0.1) is 0 Å². The summed E-state index contributed by atoms with van der Waals surface area (Å²) < 4.78 is 1.86. The summed E-state index contributed by atoms with van der Waals surface area (Å²) in [6.45, 7) is 6.94. The van der Waals surface area contributed by atoms with Gasteiger partial charge in [-0.3, -0.25) is 9.59 Å². The van der Waals surface area contributed by atoms with E-state index in [9.17, 15) is 14.4 Å². The fraction of sp³-hybridized carbons (Fsp3) is 0.464. The molecular weight excluding hydrogens is 454 g/mol. The Kier molecular flexibility index (Phi) is 5.62. The van der Waals surface area contributed by atoms with Crippen molar-refractivity contribution < 1.29 is 9.59 Å². The minimum Gasteiger partial charge on any atom is -0.357 e. The lowest BCUT2D eigenvalue weighted by molar-refractivity contribution is -0.135. The van der Waals surface area contributed by atoms with E-state index in [4.69, 9.17) is 0 Å². The Labute approximate surface area is 210 Å². The highest BCUT2D eigenvalue weighted by molar-refractivity contribution is 5.89. The quantitative estimate of drug-likeness (QED) is 0.595. The highest BCUT2D eigenvalue weighted by Crippen LogP contribution is 2.35. The number of hydrogen-bond donors (Lipinski definition) is 2. The van der Waals surface area contributed by atoms with Gasteiger partial charge in [0.15, 0.2) is 0 Å². The lowest BCUT2D eigenvalue weighted by Crippen LogP contribution is -2.57. The number of nitrogens with zero attached hydrogens (tertiary/aromatic N) is 3. The Morgan fingerprint density at radius 1 is 1.03 bits per heavy atom. The van der Waals surface area contributed by atoms with Crippen LogP contribution in [0.25, 0.3) is 10.9 Å². The molecule has 1 fully saturated rings. The van der Waals surface area contributed by atoms with Crippen molar-refractivity contribution in [1.82, 2.24) is 24.7 Å². The van der Waals surface area contributed by atoms with Crippen molar-refractivity contribution in [2.24, 2.45) is 11.8 Å². The van der Waals surface area contributed by atoms with Crippen molar-refractivity contribution >= 4 is 22.8 Å². The van der Waals surface area contributed by atoms with Crippen LogP contribution in [0.3, 0.4) is 0 Å². The minimum absolute atomic E-state index is 0.0308. The number of rotatable bonds is 3.